The van der Waals surface area contributed by atoms with Gasteiger partial charge in [0.2, 0.25) is 0 Å². The number of likely N-dealkylation sites (tertiary alicyclic amines) is 1. The van der Waals surface area contributed by atoms with Gasteiger partial charge >= 0.3 is 0 Å². The maximum atomic E-state index is 13.1. The Balaban J connectivity index is 1.97. The minimum atomic E-state index is -0.0702. The van der Waals surface area contributed by atoms with Gasteiger partial charge in [0, 0.05) is 38.3 Å². The average molecular weight is 413 g/mol. The van der Waals surface area contributed by atoms with Crippen molar-refractivity contribution in [3.63, 3.8) is 0 Å². The third-order valence-electron chi connectivity index (χ3n) is 5.56. The highest BCUT2D eigenvalue weighted by atomic mass is 35.5. The lowest BCUT2D eigenvalue weighted by molar-refractivity contribution is 0.0825. The summed E-state index contributed by atoms with van der Waals surface area (Å²) in [5.41, 5.74) is 8.39. The fourth-order valence-corrected chi connectivity index (χ4v) is 4.52. The number of aromatic nitrogens is 3. The number of anilines is 1. The molecular formula is C21H25ClN6O. The lowest BCUT2D eigenvalue weighted by Crippen LogP contribution is -2.32. The molecule has 2 aromatic heterocycles. The SMILES string of the molecule is CN1CCCC(c2c(C(=O)N(C)C)c(Cl)cc3c2ccn3-c2cc(N)ncn2)C1. The molecule has 0 radical (unpaired) electrons. The van der Waals surface area contributed by atoms with Crippen LogP contribution in [0, 0.1) is 0 Å². The smallest absolute Gasteiger partial charge is 0.255 e. The molecule has 3 heterocycles. The number of nitrogen functional groups attached to an aromatic ring is 1. The van der Waals surface area contributed by atoms with Crippen molar-refractivity contribution >= 4 is 34.2 Å². The number of benzene rings is 1. The highest BCUT2D eigenvalue weighted by Gasteiger charge is 2.29. The minimum absolute atomic E-state index is 0.0702. The monoisotopic (exact) mass is 412 g/mol. The van der Waals surface area contributed by atoms with Gasteiger partial charge in [0.15, 0.2) is 0 Å². The summed E-state index contributed by atoms with van der Waals surface area (Å²) in [4.78, 5) is 25.3. The Hall–Kier alpha value is -2.64. The number of rotatable bonds is 3. The molecule has 1 aromatic carbocycles. The highest BCUT2D eigenvalue weighted by molar-refractivity contribution is 6.35. The molecule has 1 aliphatic rings. The van der Waals surface area contributed by atoms with Gasteiger partial charge in [-0.05, 0) is 50.0 Å². The first-order valence-corrected chi connectivity index (χ1v) is 10.1. The van der Waals surface area contributed by atoms with Gasteiger partial charge in [-0.1, -0.05) is 11.6 Å². The predicted molar refractivity (Wildman–Crippen MR) is 116 cm³/mol. The second kappa shape index (κ2) is 7.65. The first kappa shape index (κ1) is 19.7. The summed E-state index contributed by atoms with van der Waals surface area (Å²) in [5.74, 6) is 1.23. The number of carbonyl (C=O) groups excluding carboxylic acids is 1. The maximum absolute atomic E-state index is 13.1. The average Bonchev–Trinajstić information content (AvgIpc) is 3.09. The van der Waals surface area contributed by atoms with E-state index in [1.165, 1.54) is 6.33 Å². The number of fused-ring (bicyclic) bond motifs is 1. The number of halogens is 1. The van der Waals surface area contributed by atoms with E-state index in [1.54, 1.807) is 25.1 Å². The molecule has 7 nitrogen and oxygen atoms in total. The molecular weight excluding hydrogens is 388 g/mol. The summed E-state index contributed by atoms with van der Waals surface area (Å²) in [6, 6.07) is 5.61. The number of nitrogens with two attached hydrogens (primary N) is 1. The number of carbonyl (C=O) groups is 1. The molecule has 4 rings (SSSR count). The molecule has 1 atom stereocenters. The molecule has 0 saturated carbocycles. The van der Waals surface area contributed by atoms with Crippen molar-refractivity contribution in [3.05, 3.63) is 46.9 Å². The molecule has 1 saturated heterocycles. The molecule has 8 heteroatoms. The number of hydrogen-bond donors (Lipinski definition) is 1. The molecule has 1 unspecified atom stereocenters. The van der Waals surface area contributed by atoms with Crippen LogP contribution in [0.25, 0.3) is 16.7 Å². The van der Waals surface area contributed by atoms with E-state index >= 15 is 0 Å². The van der Waals surface area contributed by atoms with Crippen LogP contribution in [0.5, 0.6) is 0 Å². The van der Waals surface area contributed by atoms with Gasteiger partial charge in [-0.25, -0.2) is 9.97 Å². The van der Waals surface area contributed by atoms with E-state index in [-0.39, 0.29) is 11.8 Å². The van der Waals surface area contributed by atoms with E-state index in [0.29, 0.717) is 22.2 Å². The third kappa shape index (κ3) is 3.56. The molecule has 1 aliphatic heterocycles. The number of likely N-dealkylation sites (N-methyl/N-ethyl adjacent to an activating group) is 1. The predicted octanol–water partition coefficient (Wildman–Crippen LogP) is 3.17. The van der Waals surface area contributed by atoms with Crippen molar-refractivity contribution in [1.82, 2.24) is 24.3 Å². The van der Waals surface area contributed by atoms with Crippen LogP contribution < -0.4 is 5.73 Å². The number of amides is 1. The van der Waals surface area contributed by atoms with Crippen LogP contribution in [0.3, 0.4) is 0 Å². The van der Waals surface area contributed by atoms with E-state index in [0.717, 1.165) is 42.4 Å². The Morgan fingerprint density at radius 3 is 2.79 bits per heavy atom. The van der Waals surface area contributed by atoms with E-state index in [4.69, 9.17) is 17.3 Å². The molecule has 1 fully saturated rings. The van der Waals surface area contributed by atoms with Crippen LogP contribution >= 0.6 is 11.6 Å². The second-order valence-corrected chi connectivity index (χ2v) is 8.27. The highest BCUT2D eigenvalue weighted by Crippen LogP contribution is 2.39. The van der Waals surface area contributed by atoms with Crippen molar-refractivity contribution in [2.45, 2.75) is 18.8 Å². The zero-order valence-corrected chi connectivity index (χ0v) is 17.6. The summed E-state index contributed by atoms with van der Waals surface area (Å²) in [6.45, 7) is 1.97. The van der Waals surface area contributed by atoms with E-state index in [2.05, 4.69) is 21.9 Å². The van der Waals surface area contributed by atoms with Gasteiger partial charge in [0.1, 0.15) is 18.0 Å². The van der Waals surface area contributed by atoms with Crippen LogP contribution in [0.4, 0.5) is 5.82 Å². The third-order valence-corrected chi connectivity index (χ3v) is 5.86. The van der Waals surface area contributed by atoms with Crippen LogP contribution in [0.2, 0.25) is 5.02 Å². The molecule has 152 valence electrons. The molecule has 1 amide bonds. The van der Waals surface area contributed by atoms with Gasteiger partial charge in [-0.2, -0.15) is 0 Å². The molecule has 3 aromatic rings. The molecule has 0 spiro atoms. The Morgan fingerprint density at radius 1 is 1.31 bits per heavy atom. The number of hydrogen-bond acceptors (Lipinski definition) is 5. The van der Waals surface area contributed by atoms with E-state index < -0.39 is 0 Å². The summed E-state index contributed by atoms with van der Waals surface area (Å²) in [7, 11) is 5.64. The van der Waals surface area contributed by atoms with E-state index in [9.17, 15) is 4.79 Å². The standard InChI is InChI=1S/C21H25ClN6O/c1-26(2)21(29)20-15(22)9-16-14(19(20)13-5-4-7-27(3)11-13)6-8-28(16)18-10-17(23)24-12-25-18/h6,8-10,12-13H,4-5,7,11H2,1-3H3,(H2,23,24,25). The van der Waals surface area contributed by atoms with Crippen LogP contribution in [0.15, 0.2) is 30.7 Å². The first-order chi connectivity index (χ1) is 13.9. The van der Waals surface area contributed by atoms with Crippen LogP contribution in [-0.4, -0.2) is 64.5 Å². The Labute approximate surface area is 175 Å². The fourth-order valence-electron chi connectivity index (χ4n) is 4.24. The Morgan fingerprint density at radius 2 is 2.10 bits per heavy atom. The largest absolute Gasteiger partial charge is 0.384 e. The first-order valence-electron chi connectivity index (χ1n) is 9.68. The van der Waals surface area contributed by atoms with Crippen molar-refractivity contribution in [2.24, 2.45) is 0 Å². The molecule has 0 aliphatic carbocycles. The second-order valence-electron chi connectivity index (χ2n) is 7.87. The normalized spacial score (nSPS) is 17.6. The fraction of sp³-hybridized carbons (Fsp3) is 0.381. The Kier molecular flexibility index (Phi) is 5.19. The minimum Gasteiger partial charge on any atom is -0.384 e. The van der Waals surface area contributed by atoms with Crippen molar-refractivity contribution < 1.29 is 4.79 Å². The van der Waals surface area contributed by atoms with Crippen LogP contribution in [0.1, 0.15) is 34.7 Å². The molecule has 0 bridgehead atoms. The maximum Gasteiger partial charge on any atom is 0.255 e. The van der Waals surface area contributed by atoms with Gasteiger partial charge in [-0.3, -0.25) is 4.79 Å². The van der Waals surface area contributed by atoms with Gasteiger partial charge in [0.05, 0.1) is 16.1 Å². The summed E-state index contributed by atoms with van der Waals surface area (Å²) in [6.07, 6.45) is 5.51. The van der Waals surface area contributed by atoms with Crippen molar-refractivity contribution in [3.8, 4) is 5.82 Å². The molecule has 2 N–H and O–H groups in total. The van der Waals surface area contributed by atoms with Gasteiger partial charge in [-0.15, -0.1) is 0 Å². The number of nitrogens with zero attached hydrogens (tertiary/aromatic N) is 5. The summed E-state index contributed by atoms with van der Waals surface area (Å²) in [5, 5.41) is 1.48. The zero-order valence-electron chi connectivity index (χ0n) is 16.9. The lowest BCUT2D eigenvalue weighted by Gasteiger charge is -2.32. The summed E-state index contributed by atoms with van der Waals surface area (Å²) < 4.78 is 1.94. The topological polar surface area (TPSA) is 80.3 Å². The number of piperidine rings is 1. The molecule has 29 heavy (non-hydrogen) atoms. The van der Waals surface area contributed by atoms with E-state index in [1.807, 2.05) is 22.9 Å². The zero-order chi connectivity index (χ0) is 20.7. The Bertz CT molecular complexity index is 1080. The van der Waals surface area contributed by atoms with Gasteiger partial charge < -0.3 is 20.1 Å². The summed E-state index contributed by atoms with van der Waals surface area (Å²) >= 11 is 6.72. The van der Waals surface area contributed by atoms with Gasteiger partial charge in [0.25, 0.3) is 5.91 Å². The van der Waals surface area contributed by atoms with Crippen molar-refractivity contribution in [2.75, 3.05) is 40.0 Å². The lowest BCUT2D eigenvalue weighted by atomic mass is 9.85. The quantitative estimate of drug-likeness (QED) is 0.714. The van der Waals surface area contributed by atoms with Crippen LogP contribution in [-0.2, 0) is 0 Å². The van der Waals surface area contributed by atoms with Crippen molar-refractivity contribution in [1.29, 1.82) is 0 Å².